The average molecular weight is 640 g/mol. The lowest BCUT2D eigenvalue weighted by Gasteiger charge is -2.35. The van der Waals surface area contributed by atoms with Gasteiger partial charge in [-0.05, 0) is 24.5 Å². The van der Waals surface area contributed by atoms with Crippen LogP contribution in [0.4, 0.5) is 0 Å². The van der Waals surface area contributed by atoms with E-state index in [4.69, 9.17) is 0 Å². The van der Waals surface area contributed by atoms with E-state index < -0.39 is 24.2 Å². The predicted molar refractivity (Wildman–Crippen MR) is 206 cm³/mol. The van der Waals surface area contributed by atoms with E-state index in [-0.39, 0.29) is 0 Å². The fourth-order valence-electron chi connectivity index (χ4n) is 7.21. The van der Waals surface area contributed by atoms with Gasteiger partial charge >= 0.3 is 0 Å². The Labute approximate surface area is 272 Å². The van der Waals surface area contributed by atoms with E-state index in [1.54, 1.807) is 21.0 Å². The molecule has 0 spiro atoms. The lowest BCUT2D eigenvalue weighted by Crippen LogP contribution is -2.49. The van der Waals surface area contributed by atoms with Crippen LogP contribution < -0.4 is 26.1 Å². The molecule has 0 amide bonds. The number of nitrogens with one attached hydrogen (secondary N) is 1. The second-order valence-corrected chi connectivity index (χ2v) is 25.1. The Hall–Kier alpha value is -0.736. The summed E-state index contributed by atoms with van der Waals surface area (Å²) in [5.41, 5.74) is 0. The molecule has 43 heavy (non-hydrogen) atoms. The van der Waals surface area contributed by atoms with E-state index in [2.05, 4.69) is 109 Å². The van der Waals surface area contributed by atoms with Crippen LogP contribution in [0.5, 0.6) is 0 Å². The Morgan fingerprint density at radius 3 is 1.07 bits per heavy atom. The zero-order chi connectivity index (χ0) is 31.6. The van der Waals surface area contributed by atoms with Gasteiger partial charge in [0.25, 0.3) is 0 Å². The molecule has 2 aromatic rings. The van der Waals surface area contributed by atoms with Crippen LogP contribution in [0.15, 0.2) is 48.5 Å². The molecule has 0 atom stereocenters. The molecule has 0 saturated carbocycles. The van der Waals surface area contributed by atoms with Gasteiger partial charge in [-0.3, -0.25) is 5.09 Å². The average Bonchev–Trinajstić information content (AvgIpc) is 3.03. The lowest BCUT2D eigenvalue weighted by atomic mass is 10.3. The van der Waals surface area contributed by atoms with Gasteiger partial charge in [0.05, 0.1) is 16.1 Å². The Balaban J connectivity index is 2.66. The molecule has 0 bridgehead atoms. The normalized spacial score (nSPS) is 12.5. The largest absolute Gasteiger partial charge is 0.286 e. The second-order valence-electron chi connectivity index (χ2n) is 13.9. The van der Waals surface area contributed by atoms with E-state index in [9.17, 15) is 0 Å². The van der Waals surface area contributed by atoms with Crippen molar-refractivity contribution in [2.24, 2.45) is 0 Å². The van der Waals surface area contributed by atoms with E-state index in [1.807, 2.05) is 0 Å². The van der Waals surface area contributed by atoms with Crippen molar-refractivity contribution in [3.05, 3.63) is 48.5 Å². The maximum atomic E-state index is 4.12. The summed E-state index contributed by atoms with van der Waals surface area (Å²) < 4.78 is 0. The minimum atomic E-state index is -1.55. The van der Waals surface area contributed by atoms with Gasteiger partial charge in [-0.15, -0.1) is 0 Å². The van der Waals surface area contributed by atoms with Gasteiger partial charge < -0.3 is 0 Å². The monoisotopic (exact) mass is 639 g/mol. The molecule has 0 aliphatic carbocycles. The predicted octanol–water partition coefficient (Wildman–Crippen LogP) is 11.1. The molecule has 0 unspecified atom stereocenters. The van der Waals surface area contributed by atoms with E-state index >= 15 is 0 Å². The molecule has 2 aromatic carbocycles. The van der Waals surface area contributed by atoms with Gasteiger partial charge in [0.2, 0.25) is 0 Å². The minimum absolute atomic E-state index is 0.461. The Morgan fingerprint density at radius 2 is 0.814 bits per heavy atom. The smallest absolute Gasteiger partial charge is 0.0867 e. The van der Waals surface area contributed by atoms with Crippen molar-refractivity contribution < 1.29 is 0 Å². The minimum Gasteiger partial charge on any atom is -0.286 e. The van der Waals surface area contributed by atoms with Gasteiger partial charge in [-0.2, -0.15) is 0 Å². The van der Waals surface area contributed by atoms with Gasteiger partial charge in [-0.25, -0.2) is 0 Å². The maximum Gasteiger partial charge on any atom is 0.0867 e. The summed E-state index contributed by atoms with van der Waals surface area (Å²) in [6, 6.07) is 29.6. The van der Waals surface area contributed by atoms with Crippen LogP contribution in [0.25, 0.3) is 0 Å². The van der Waals surface area contributed by atoms with E-state index in [0.717, 1.165) is 0 Å². The molecule has 0 radical (unpaired) electrons. The summed E-state index contributed by atoms with van der Waals surface area (Å²) in [4.78, 5) is 0. The highest BCUT2D eigenvalue weighted by Crippen LogP contribution is 2.34. The standard InChI is InChI=1S/C39H70NPSi2/c1-9-15-27-42(28-16-10-2,29-17-11-3)38-25-21-23-36(33-38)41(40-35(7)8)37-24-22-26-39(34-37)43(30-18-12-4,31-19-13-5)32-20-14-6/h21-26,33-35,40H,9-20,27-32H2,1-8H3. The number of rotatable bonds is 24. The van der Waals surface area contributed by atoms with Crippen LogP contribution in [0.1, 0.15) is 132 Å². The first-order valence-corrected chi connectivity index (χ1v) is 25.2. The molecule has 0 aromatic heterocycles. The lowest BCUT2D eigenvalue weighted by molar-refractivity contribution is 0.765. The third kappa shape index (κ3) is 11.9. The summed E-state index contributed by atoms with van der Waals surface area (Å²) in [6.45, 7) is 19.0. The van der Waals surface area contributed by atoms with Crippen molar-refractivity contribution in [2.45, 2.75) is 175 Å². The quantitative estimate of drug-likeness (QED) is 0.0890. The molecular formula is C39H70NPSi2. The Morgan fingerprint density at radius 1 is 0.512 bits per heavy atom. The van der Waals surface area contributed by atoms with Crippen LogP contribution in [-0.2, 0) is 0 Å². The van der Waals surface area contributed by atoms with Crippen LogP contribution in [0.2, 0.25) is 36.3 Å². The van der Waals surface area contributed by atoms with Crippen LogP contribution in [-0.4, -0.2) is 22.2 Å². The fourth-order valence-corrected chi connectivity index (χ4v) is 20.8. The summed E-state index contributed by atoms with van der Waals surface area (Å²) in [6.07, 6.45) is 16.3. The van der Waals surface area contributed by atoms with Crippen molar-refractivity contribution in [1.29, 1.82) is 0 Å². The second kappa shape index (κ2) is 21.1. The zero-order valence-corrected chi connectivity index (χ0v) is 32.8. The first-order chi connectivity index (χ1) is 20.8. The number of unbranched alkanes of at least 4 members (excludes halogenated alkanes) is 6. The van der Waals surface area contributed by atoms with Gasteiger partial charge in [0, 0.05) is 14.1 Å². The molecule has 0 aliphatic rings. The molecule has 244 valence electrons. The Kier molecular flexibility index (Phi) is 18.9. The van der Waals surface area contributed by atoms with Crippen molar-refractivity contribution in [3.8, 4) is 0 Å². The first-order valence-electron chi connectivity index (χ1n) is 18.6. The topological polar surface area (TPSA) is 12.0 Å². The highest BCUT2D eigenvalue weighted by molar-refractivity contribution is 7.71. The summed E-state index contributed by atoms with van der Waals surface area (Å²) in [5, 5.41) is 10.8. The van der Waals surface area contributed by atoms with Gasteiger partial charge in [0.15, 0.2) is 0 Å². The summed E-state index contributed by atoms with van der Waals surface area (Å²) in [7, 11) is -3.70. The molecule has 0 saturated heterocycles. The molecular weight excluding hydrogens is 570 g/mol. The van der Waals surface area contributed by atoms with Crippen LogP contribution >= 0.6 is 8.07 Å². The summed E-state index contributed by atoms with van der Waals surface area (Å²) in [5.74, 6) is 0. The van der Waals surface area contributed by atoms with Crippen molar-refractivity contribution in [3.63, 3.8) is 0 Å². The van der Waals surface area contributed by atoms with Gasteiger partial charge in [0.1, 0.15) is 0 Å². The first kappa shape index (κ1) is 38.4. The van der Waals surface area contributed by atoms with Crippen molar-refractivity contribution in [2.75, 3.05) is 0 Å². The number of hydrogen-bond acceptors (Lipinski definition) is 1. The van der Waals surface area contributed by atoms with Crippen molar-refractivity contribution >= 4 is 45.2 Å². The number of hydrogen-bond donors (Lipinski definition) is 1. The van der Waals surface area contributed by atoms with Crippen LogP contribution in [0.3, 0.4) is 0 Å². The maximum absolute atomic E-state index is 4.12. The molecule has 4 heteroatoms. The van der Waals surface area contributed by atoms with Gasteiger partial charge in [-0.1, -0.05) is 214 Å². The molecule has 0 fully saturated rings. The highest BCUT2D eigenvalue weighted by Gasteiger charge is 2.35. The van der Waals surface area contributed by atoms with E-state index in [0.29, 0.717) is 6.04 Å². The zero-order valence-electron chi connectivity index (χ0n) is 29.9. The van der Waals surface area contributed by atoms with E-state index in [1.165, 1.54) is 113 Å². The Bertz CT molecular complexity index is 887. The summed E-state index contributed by atoms with van der Waals surface area (Å²) >= 11 is 0. The van der Waals surface area contributed by atoms with Crippen molar-refractivity contribution in [1.82, 2.24) is 5.09 Å². The molecule has 1 nitrogen and oxygen atoms in total. The molecule has 0 aliphatic heterocycles. The third-order valence-electron chi connectivity index (χ3n) is 9.87. The third-order valence-corrected chi connectivity index (χ3v) is 23.2. The fraction of sp³-hybridized carbons (Fsp3) is 0.692. The molecule has 0 heterocycles. The SMILES string of the molecule is CCCC[Si](CCCC)(CCCC)c1cccc(P(NC(C)C)c2cccc([Si](CCCC)(CCCC)CCCC)c2)c1. The van der Waals surface area contributed by atoms with Crippen LogP contribution in [0, 0.1) is 0 Å². The molecule has 2 rings (SSSR count). The number of benzene rings is 2. The highest BCUT2D eigenvalue weighted by atomic mass is 31.1. The molecule has 1 N–H and O–H groups in total.